The summed E-state index contributed by atoms with van der Waals surface area (Å²) in [6, 6.07) is 19.8. The highest BCUT2D eigenvalue weighted by Gasteiger charge is 2.45. The Kier molecular flexibility index (Phi) is 4.94. The molecule has 0 saturated heterocycles. The van der Waals surface area contributed by atoms with Crippen molar-refractivity contribution in [1.29, 1.82) is 0 Å². The van der Waals surface area contributed by atoms with Crippen LogP contribution >= 0.6 is 0 Å². The lowest BCUT2D eigenvalue weighted by Crippen LogP contribution is -2.37. The van der Waals surface area contributed by atoms with Crippen molar-refractivity contribution in [3.8, 4) is 0 Å². The van der Waals surface area contributed by atoms with Crippen LogP contribution in [0.1, 0.15) is 24.0 Å². The summed E-state index contributed by atoms with van der Waals surface area (Å²) in [6.07, 6.45) is 5.10. The molecule has 0 aliphatic carbocycles. The van der Waals surface area contributed by atoms with Crippen molar-refractivity contribution in [3.63, 3.8) is 0 Å². The Labute approximate surface area is 148 Å². The Hall–Kier alpha value is -2.94. The minimum Gasteiger partial charge on any atom is -0.467 e. The SMILES string of the molecule is C=C(/C=C/c1ccccc1)[C@]1(C(=O)OC)CCC(c2ccccc2)=N1. The molecule has 0 amide bonds. The summed E-state index contributed by atoms with van der Waals surface area (Å²) in [5.41, 5.74) is 2.61. The van der Waals surface area contributed by atoms with Gasteiger partial charge in [0.15, 0.2) is 5.54 Å². The summed E-state index contributed by atoms with van der Waals surface area (Å²) in [5, 5.41) is 0. The van der Waals surface area contributed by atoms with Crippen molar-refractivity contribution in [1.82, 2.24) is 0 Å². The number of esters is 1. The number of nitrogens with zero attached hydrogens (tertiary/aromatic N) is 1. The lowest BCUT2D eigenvalue weighted by molar-refractivity contribution is -0.145. The molecule has 0 aromatic heterocycles. The molecular weight excluding hydrogens is 310 g/mol. The molecule has 1 atom stereocenters. The van der Waals surface area contributed by atoms with E-state index in [4.69, 9.17) is 9.73 Å². The molecule has 0 spiro atoms. The van der Waals surface area contributed by atoms with E-state index >= 15 is 0 Å². The summed E-state index contributed by atoms with van der Waals surface area (Å²) < 4.78 is 5.05. The molecule has 3 rings (SSSR count). The van der Waals surface area contributed by atoms with Crippen LogP contribution in [0.5, 0.6) is 0 Å². The van der Waals surface area contributed by atoms with Crippen molar-refractivity contribution < 1.29 is 9.53 Å². The van der Waals surface area contributed by atoms with Gasteiger partial charge in [-0.1, -0.05) is 79.4 Å². The fourth-order valence-electron chi connectivity index (χ4n) is 3.06. The molecule has 0 fully saturated rings. The molecular formula is C22H21NO2. The van der Waals surface area contributed by atoms with Crippen LogP contribution in [-0.4, -0.2) is 24.3 Å². The number of carbonyl (C=O) groups excluding carboxylic acids is 1. The van der Waals surface area contributed by atoms with Crippen LogP contribution in [0.25, 0.3) is 6.08 Å². The molecule has 1 aliphatic heterocycles. The Morgan fingerprint density at radius 3 is 2.40 bits per heavy atom. The first-order valence-corrected chi connectivity index (χ1v) is 8.31. The normalized spacial score (nSPS) is 19.6. The number of hydrogen-bond donors (Lipinski definition) is 0. The highest BCUT2D eigenvalue weighted by atomic mass is 16.5. The first-order chi connectivity index (χ1) is 12.2. The van der Waals surface area contributed by atoms with Crippen molar-refractivity contribution in [2.45, 2.75) is 18.4 Å². The first-order valence-electron chi connectivity index (χ1n) is 8.31. The van der Waals surface area contributed by atoms with Crippen LogP contribution in [0.15, 0.2) is 83.9 Å². The van der Waals surface area contributed by atoms with E-state index in [0.29, 0.717) is 12.0 Å². The number of rotatable bonds is 5. The lowest BCUT2D eigenvalue weighted by Gasteiger charge is -2.23. The molecule has 1 aliphatic rings. The van der Waals surface area contributed by atoms with Gasteiger partial charge in [-0.2, -0.15) is 0 Å². The molecule has 0 unspecified atom stereocenters. The van der Waals surface area contributed by atoms with E-state index in [9.17, 15) is 4.79 Å². The number of aliphatic imine (C=N–C) groups is 1. The van der Waals surface area contributed by atoms with E-state index in [2.05, 4.69) is 6.58 Å². The van der Waals surface area contributed by atoms with Crippen molar-refractivity contribution in [3.05, 3.63) is 90.0 Å². The van der Waals surface area contributed by atoms with Gasteiger partial charge >= 0.3 is 5.97 Å². The highest BCUT2D eigenvalue weighted by Crippen LogP contribution is 2.36. The fraction of sp³-hybridized carbons (Fsp3) is 0.182. The smallest absolute Gasteiger partial charge is 0.338 e. The van der Waals surface area contributed by atoms with Gasteiger partial charge in [-0.15, -0.1) is 0 Å². The van der Waals surface area contributed by atoms with Crippen LogP contribution in [0.4, 0.5) is 0 Å². The molecule has 0 saturated carbocycles. The highest BCUT2D eigenvalue weighted by molar-refractivity contribution is 6.05. The van der Waals surface area contributed by atoms with Crippen LogP contribution < -0.4 is 0 Å². The van der Waals surface area contributed by atoms with E-state index < -0.39 is 5.54 Å². The lowest BCUT2D eigenvalue weighted by atomic mass is 9.88. The second kappa shape index (κ2) is 7.31. The monoisotopic (exact) mass is 331 g/mol. The van der Waals surface area contributed by atoms with Crippen LogP contribution in [-0.2, 0) is 9.53 Å². The number of ether oxygens (including phenoxy) is 1. The molecule has 1 heterocycles. The van der Waals surface area contributed by atoms with Crippen molar-refractivity contribution in [2.24, 2.45) is 4.99 Å². The third-order valence-electron chi connectivity index (χ3n) is 4.49. The van der Waals surface area contributed by atoms with Crippen LogP contribution in [0, 0.1) is 0 Å². The van der Waals surface area contributed by atoms with E-state index in [1.807, 2.05) is 72.8 Å². The molecule has 2 aromatic rings. The molecule has 0 radical (unpaired) electrons. The van der Waals surface area contributed by atoms with Gasteiger partial charge in [0.25, 0.3) is 0 Å². The zero-order chi connectivity index (χ0) is 17.7. The van der Waals surface area contributed by atoms with Gasteiger partial charge in [0.1, 0.15) is 0 Å². The largest absolute Gasteiger partial charge is 0.467 e. The zero-order valence-electron chi connectivity index (χ0n) is 14.3. The van der Waals surface area contributed by atoms with Gasteiger partial charge in [-0.05, 0) is 29.5 Å². The van der Waals surface area contributed by atoms with E-state index in [0.717, 1.165) is 23.3 Å². The standard InChI is InChI=1S/C22H21NO2/c1-17(13-14-18-9-5-3-6-10-18)22(21(24)25-2)16-15-20(23-22)19-11-7-4-8-12-19/h3-14H,1,15-16H2,2H3/b14-13+/t22-/m0/s1. The number of benzene rings is 2. The molecule has 0 bridgehead atoms. The maximum atomic E-state index is 12.5. The minimum absolute atomic E-state index is 0.360. The second-order valence-corrected chi connectivity index (χ2v) is 6.05. The fourth-order valence-corrected chi connectivity index (χ4v) is 3.06. The van der Waals surface area contributed by atoms with E-state index in [1.165, 1.54) is 7.11 Å². The summed E-state index contributed by atoms with van der Waals surface area (Å²) in [5.74, 6) is -0.360. The summed E-state index contributed by atoms with van der Waals surface area (Å²) in [4.78, 5) is 17.3. The molecule has 0 N–H and O–H groups in total. The second-order valence-electron chi connectivity index (χ2n) is 6.05. The maximum Gasteiger partial charge on any atom is 0.338 e. The summed E-state index contributed by atoms with van der Waals surface area (Å²) >= 11 is 0. The Morgan fingerprint density at radius 1 is 1.12 bits per heavy atom. The molecule has 3 heteroatoms. The van der Waals surface area contributed by atoms with Gasteiger partial charge < -0.3 is 4.74 Å². The third-order valence-corrected chi connectivity index (χ3v) is 4.49. The topological polar surface area (TPSA) is 38.7 Å². The van der Waals surface area contributed by atoms with Crippen LogP contribution in [0.2, 0.25) is 0 Å². The predicted molar refractivity (Wildman–Crippen MR) is 102 cm³/mol. The molecule has 126 valence electrons. The van der Waals surface area contributed by atoms with E-state index in [1.54, 1.807) is 0 Å². The van der Waals surface area contributed by atoms with Gasteiger partial charge in [-0.25, -0.2) is 4.79 Å². The van der Waals surface area contributed by atoms with Gasteiger partial charge in [-0.3, -0.25) is 4.99 Å². The van der Waals surface area contributed by atoms with Crippen LogP contribution in [0.3, 0.4) is 0 Å². The Bertz CT molecular complexity index is 822. The van der Waals surface area contributed by atoms with Gasteiger partial charge in [0, 0.05) is 5.71 Å². The summed E-state index contributed by atoms with van der Waals surface area (Å²) in [7, 11) is 1.40. The van der Waals surface area contributed by atoms with E-state index in [-0.39, 0.29) is 5.97 Å². The predicted octanol–water partition coefficient (Wildman–Crippen LogP) is 4.45. The third kappa shape index (κ3) is 3.45. The van der Waals surface area contributed by atoms with Crippen molar-refractivity contribution >= 4 is 17.8 Å². The zero-order valence-corrected chi connectivity index (χ0v) is 14.3. The minimum atomic E-state index is -1.04. The number of hydrogen-bond acceptors (Lipinski definition) is 3. The average molecular weight is 331 g/mol. The molecule has 25 heavy (non-hydrogen) atoms. The Balaban J connectivity index is 1.92. The van der Waals surface area contributed by atoms with Gasteiger partial charge in [0.2, 0.25) is 0 Å². The summed E-state index contributed by atoms with van der Waals surface area (Å²) in [6.45, 7) is 4.13. The number of methoxy groups -OCH3 is 1. The maximum absolute atomic E-state index is 12.5. The number of carbonyl (C=O) groups is 1. The van der Waals surface area contributed by atoms with Gasteiger partial charge in [0.05, 0.1) is 7.11 Å². The quantitative estimate of drug-likeness (QED) is 0.600. The average Bonchev–Trinajstić information content (AvgIpc) is 3.14. The first kappa shape index (κ1) is 16.9. The van der Waals surface area contributed by atoms with Crippen molar-refractivity contribution in [2.75, 3.05) is 7.11 Å². The molecule has 2 aromatic carbocycles. The Morgan fingerprint density at radius 2 is 1.76 bits per heavy atom. The molecule has 3 nitrogen and oxygen atoms in total.